The number of aromatic nitrogens is 2. The van der Waals surface area contributed by atoms with E-state index in [-0.39, 0.29) is 24.3 Å². The molecule has 2 atom stereocenters. The van der Waals surface area contributed by atoms with Gasteiger partial charge in [-0.3, -0.25) is 14.6 Å². The third-order valence-corrected chi connectivity index (χ3v) is 5.44. The van der Waals surface area contributed by atoms with Crippen LogP contribution in [0.2, 0.25) is 0 Å². The lowest BCUT2D eigenvalue weighted by Crippen LogP contribution is -2.47. The summed E-state index contributed by atoms with van der Waals surface area (Å²) in [5.41, 5.74) is 1.90. The Morgan fingerprint density at radius 2 is 2.13 bits per heavy atom. The summed E-state index contributed by atoms with van der Waals surface area (Å²) in [6.45, 7) is 1.15. The topological polar surface area (TPSA) is 96.6 Å². The van der Waals surface area contributed by atoms with Crippen LogP contribution in [0.25, 0.3) is 10.9 Å². The monoisotopic (exact) mass is 422 g/mol. The third-order valence-electron chi connectivity index (χ3n) is 5.44. The molecule has 8 nitrogen and oxygen atoms in total. The Kier molecular flexibility index (Phi) is 6.47. The van der Waals surface area contributed by atoms with Gasteiger partial charge < -0.3 is 24.7 Å². The van der Waals surface area contributed by atoms with Crippen molar-refractivity contribution in [2.24, 2.45) is 0 Å². The van der Waals surface area contributed by atoms with Crippen LogP contribution in [0.5, 0.6) is 5.75 Å². The summed E-state index contributed by atoms with van der Waals surface area (Å²) >= 11 is 0. The average Bonchev–Trinajstić information content (AvgIpc) is 3.39. The zero-order valence-corrected chi connectivity index (χ0v) is 17.4. The average molecular weight is 422 g/mol. The molecule has 31 heavy (non-hydrogen) atoms. The fraction of sp³-hybridized carbons (Fsp3) is 0.348. The van der Waals surface area contributed by atoms with Crippen molar-refractivity contribution < 1.29 is 19.1 Å². The van der Waals surface area contributed by atoms with Crippen molar-refractivity contribution in [3.8, 4) is 5.75 Å². The first-order valence-corrected chi connectivity index (χ1v) is 10.3. The molecule has 0 unspecified atom stereocenters. The first-order chi connectivity index (χ1) is 15.2. The van der Waals surface area contributed by atoms with E-state index in [1.165, 1.54) is 0 Å². The molecule has 3 aromatic rings. The number of carbonyl (C=O) groups is 2. The largest absolute Gasteiger partial charge is 0.487 e. The minimum absolute atomic E-state index is 0.103. The number of benzene rings is 1. The van der Waals surface area contributed by atoms with Crippen LogP contribution in [-0.2, 0) is 20.7 Å². The molecule has 0 bridgehead atoms. The molecule has 2 aromatic heterocycles. The molecule has 1 aliphatic heterocycles. The van der Waals surface area contributed by atoms with Gasteiger partial charge in [-0.1, -0.05) is 18.2 Å². The lowest BCUT2D eigenvalue weighted by Gasteiger charge is -2.23. The standard InChI is InChI=1S/C23H26N4O4/c1-30-10-9-25-23(29)21-12-18(31-17-5-4-8-24-14-17)15-27(21)22(28)11-16-13-26-20-7-3-2-6-19(16)20/h2-8,13-14,18,21,26H,9-12,15H2,1H3,(H,25,29)/t18-,21-/m0/s1. The van der Waals surface area contributed by atoms with Crippen molar-refractivity contribution >= 4 is 22.7 Å². The quantitative estimate of drug-likeness (QED) is 0.541. The van der Waals surface area contributed by atoms with E-state index in [0.29, 0.717) is 31.9 Å². The number of carbonyl (C=O) groups excluding carboxylic acids is 2. The van der Waals surface area contributed by atoms with Crippen LogP contribution in [0, 0.1) is 0 Å². The highest BCUT2D eigenvalue weighted by molar-refractivity contribution is 5.92. The zero-order valence-electron chi connectivity index (χ0n) is 17.4. The maximum absolute atomic E-state index is 13.2. The van der Waals surface area contributed by atoms with Crippen LogP contribution in [0.1, 0.15) is 12.0 Å². The van der Waals surface area contributed by atoms with Crippen molar-refractivity contribution in [1.29, 1.82) is 0 Å². The smallest absolute Gasteiger partial charge is 0.243 e. The highest BCUT2D eigenvalue weighted by Crippen LogP contribution is 2.25. The van der Waals surface area contributed by atoms with E-state index in [1.807, 2.05) is 36.5 Å². The Labute approximate surface area is 180 Å². The fourth-order valence-corrected chi connectivity index (χ4v) is 3.95. The summed E-state index contributed by atoms with van der Waals surface area (Å²) < 4.78 is 11.0. The van der Waals surface area contributed by atoms with Gasteiger partial charge in [-0.2, -0.15) is 0 Å². The molecule has 0 saturated carbocycles. The van der Waals surface area contributed by atoms with Crippen molar-refractivity contribution in [2.75, 3.05) is 26.8 Å². The molecule has 2 amide bonds. The first-order valence-electron chi connectivity index (χ1n) is 10.3. The molecule has 1 aliphatic rings. The predicted octanol–water partition coefficient (Wildman–Crippen LogP) is 1.92. The number of amides is 2. The van der Waals surface area contributed by atoms with Gasteiger partial charge in [0.05, 0.1) is 25.8 Å². The number of para-hydroxylation sites is 1. The van der Waals surface area contributed by atoms with Gasteiger partial charge in [-0.05, 0) is 23.8 Å². The normalized spacial score (nSPS) is 18.3. The van der Waals surface area contributed by atoms with Crippen LogP contribution in [-0.4, -0.2) is 65.6 Å². The molecule has 0 radical (unpaired) electrons. The van der Waals surface area contributed by atoms with Gasteiger partial charge in [0.2, 0.25) is 11.8 Å². The number of nitrogens with zero attached hydrogens (tertiary/aromatic N) is 2. The molecular weight excluding hydrogens is 396 g/mol. The maximum Gasteiger partial charge on any atom is 0.243 e. The Hall–Kier alpha value is -3.39. The summed E-state index contributed by atoms with van der Waals surface area (Å²) in [4.78, 5) is 34.9. The molecule has 1 aromatic carbocycles. The molecule has 2 N–H and O–H groups in total. The van der Waals surface area contributed by atoms with Gasteiger partial charge in [0.1, 0.15) is 17.9 Å². The molecule has 1 saturated heterocycles. The molecular formula is C23H26N4O4. The van der Waals surface area contributed by atoms with Crippen LogP contribution in [0.15, 0.2) is 55.0 Å². The lowest BCUT2D eigenvalue weighted by atomic mass is 10.1. The van der Waals surface area contributed by atoms with E-state index in [2.05, 4.69) is 15.3 Å². The highest BCUT2D eigenvalue weighted by Gasteiger charge is 2.40. The molecule has 0 spiro atoms. The number of fused-ring (bicyclic) bond motifs is 1. The van der Waals surface area contributed by atoms with Gasteiger partial charge in [-0.15, -0.1) is 0 Å². The minimum Gasteiger partial charge on any atom is -0.487 e. The predicted molar refractivity (Wildman–Crippen MR) is 116 cm³/mol. The number of nitrogens with one attached hydrogen (secondary N) is 2. The van der Waals surface area contributed by atoms with Crippen molar-refractivity contribution in [3.63, 3.8) is 0 Å². The summed E-state index contributed by atoms with van der Waals surface area (Å²) in [5.74, 6) is 0.326. The van der Waals surface area contributed by atoms with E-state index in [4.69, 9.17) is 9.47 Å². The second-order valence-corrected chi connectivity index (χ2v) is 7.55. The van der Waals surface area contributed by atoms with Gasteiger partial charge in [0.15, 0.2) is 0 Å². The third kappa shape index (κ3) is 4.86. The molecule has 4 rings (SSSR count). The minimum atomic E-state index is -0.587. The summed E-state index contributed by atoms with van der Waals surface area (Å²) in [5, 5.41) is 3.86. The molecule has 1 fully saturated rings. The van der Waals surface area contributed by atoms with Crippen molar-refractivity contribution in [3.05, 3.63) is 60.6 Å². The SMILES string of the molecule is COCCNC(=O)[C@@H]1C[C@H](Oc2cccnc2)CN1C(=O)Cc1c[nH]c2ccccc12. The summed E-state index contributed by atoms with van der Waals surface area (Å²) in [6.07, 6.45) is 5.51. The highest BCUT2D eigenvalue weighted by atomic mass is 16.5. The number of aromatic amines is 1. The van der Waals surface area contributed by atoms with E-state index < -0.39 is 6.04 Å². The van der Waals surface area contributed by atoms with Gasteiger partial charge in [0.25, 0.3) is 0 Å². The van der Waals surface area contributed by atoms with Gasteiger partial charge in [-0.25, -0.2) is 0 Å². The lowest BCUT2D eigenvalue weighted by molar-refractivity contribution is -0.138. The Balaban J connectivity index is 1.49. The molecule has 8 heteroatoms. The fourth-order valence-electron chi connectivity index (χ4n) is 3.95. The number of likely N-dealkylation sites (tertiary alicyclic amines) is 1. The van der Waals surface area contributed by atoms with E-state index in [0.717, 1.165) is 16.5 Å². The maximum atomic E-state index is 13.2. The van der Waals surface area contributed by atoms with Crippen LogP contribution in [0.3, 0.4) is 0 Å². The van der Waals surface area contributed by atoms with Crippen LogP contribution >= 0.6 is 0 Å². The Bertz CT molecular complexity index is 1040. The number of pyridine rings is 1. The Morgan fingerprint density at radius 1 is 1.26 bits per heavy atom. The molecule has 162 valence electrons. The molecule has 0 aliphatic carbocycles. The summed E-state index contributed by atoms with van der Waals surface area (Å²) in [7, 11) is 1.58. The second kappa shape index (κ2) is 9.61. The number of hydrogen-bond acceptors (Lipinski definition) is 5. The van der Waals surface area contributed by atoms with E-state index >= 15 is 0 Å². The summed E-state index contributed by atoms with van der Waals surface area (Å²) in [6, 6.07) is 10.9. The van der Waals surface area contributed by atoms with Crippen molar-refractivity contribution in [1.82, 2.24) is 20.2 Å². The van der Waals surface area contributed by atoms with Crippen LogP contribution in [0.4, 0.5) is 0 Å². The number of hydrogen-bond donors (Lipinski definition) is 2. The van der Waals surface area contributed by atoms with Crippen molar-refractivity contribution in [2.45, 2.75) is 25.0 Å². The number of methoxy groups -OCH3 is 1. The van der Waals surface area contributed by atoms with Gasteiger partial charge in [0, 0.05) is 43.4 Å². The number of ether oxygens (including phenoxy) is 2. The van der Waals surface area contributed by atoms with E-state index in [1.54, 1.807) is 30.5 Å². The second-order valence-electron chi connectivity index (χ2n) is 7.55. The first kappa shape index (κ1) is 20.9. The van der Waals surface area contributed by atoms with Gasteiger partial charge >= 0.3 is 0 Å². The number of rotatable bonds is 8. The van der Waals surface area contributed by atoms with E-state index in [9.17, 15) is 9.59 Å². The zero-order chi connectivity index (χ0) is 21.6. The van der Waals surface area contributed by atoms with Crippen LogP contribution < -0.4 is 10.1 Å². The Morgan fingerprint density at radius 3 is 2.94 bits per heavy atom. The number of H-pyrrole nitrogens is 1. The molecule has 3 heterocycles.